The summed E-state index contributed by atoms with van der Waals surface area (Å²) in [6.07, 6.45) is 4.43. The monoisotopic (exact) mass is 271 g/mol. The fraction of sp³-hybridized carbons (Fsp3) is 0.333. The van der Waals surface area contributed by atoms with Crippen molar-refractivity contribution in [2.75, 3.05) is 25.1 Å². The van der Waals surface area contributed by atoms with Gasteiger partial charge >= 0.3 is 0 Å². The Morgan fingerprint density at radius 3 is 2.75 bits per heavy atom. The molecule has 0 radical (unpaired) electrons. The molecule has 5 heteroatoms. The molecule has 0 unspecified atom stereocenters. The van der Waals surface area contributed by atoms with Crippen LogP contribution in [0.4, 0.5) is 5.82 Å². The van der Waals surface area contributed by atoms with Gasteiger partial charge in [-0.15, -0.1) is 0 Å². The van der Waals surface area contributed by atoms with Crippen molar-refractivity contribution in [1.82, 2.24) is 9.97 Å². The number of nitrogens with zero attached hydrogens (tertiary/aromatic N) is 2. The van der Waals surface area contributed by atoms with Crippen LogP contribution >= 0.6 is 0 Å². The Bertz CT molecular complexity index is 601. The minimum atomic E-state index is 0.581. The molecule has 1 N–H and O–H groups in total. The van der Waals surface area contributed by atoms with Gasteiger partial charge in [0.1, 0.15) is 18.9 Å². The largest absolute Gasteiger partial charge is 0.486 e. The van der Waals surface area contributed by atoms with Gasteiger partial charge in [0.15, 0.2) is 17.3 Å². The molecule has 1 aliphatic heterocycles. The summed E-state index contributed by atoms with van der Waals surface area (Å²) in [5.41, 5.74) is 1.80. The summed E-state index contributed by atoms with van der Waals surface area (Å²) in [7, 11) is 0. The van der Waals surface area contributed by atoms with E-state index in [1.807, 2.05) is 18.2 Å². The second-order valence-corrected chi connectivity index (χ2v) is 4.54. The number of hydrogen-bond acceptors (Lipinski definition) is 5. The Hall–Kier alpha value is -2.30. The van der Waals surface area contributed by atoms with Crippen molar-refractivity contribution in [2.24, 2.45) is 0 Å². The second-order valence-electron chi connectivity index (χ2n) is 4.54. The van der Waals surface area contributed by atoms with Crippen LogP contribution in [-0.2, 0) is 0 Å². The highest BCUT2D eigenvalue weighted by Crippen LogP contribution is 2.35. The van der Waals surface area contributed by atoms with E-state index < -0.39 is 0 Å². The number of fused-ring (bicyclic) bond motifs is 1. The molecule has 104 valence electrons. The lowest BCUT2D eigenvalue weighted by Crippen LogP contribution is -2.15. The molecule has 1 aromatic carbocycles. The molecule has 0 atom stereocenters. The van der Waals surface area contributed by atoms with Gasteiger partial charge in [-0.25, -0.2) is 4.98 Å². The number of ether oxygens (including phenoxy) is 2. The normalized spacial score (nSPS) is 13.1. The molecule has 0 aliphatic carbocycles. The van der Waals surface area contributed by atoms with Crippen molar-refractivity contribution < 1.29 is 9.47 Å². The highest BCUT2D eigenvalue weighted by atomic mass is 16.6. The van der Waals surface area contributed by atoms with Gasteiger partial charge in [-0.3, -0.25) is 4.98 Å². The smallest absolute Gasteiger partial charge is 0.162 e. The quantitative estimate of drug-likeness (QED) is 0.926. The maximum absolute atomic E-state index is 5.61. The number of benzene rings is 1. The van der Waals surface area contributed by atoms with Crippen molar-refractivity contribution in [3.63, 3.8) is 0 Å². The lowest BCUT2D eigenvalue weighted by molar-refractivity contribution is 0.171. The molecule has 0 amide bonds. The predicted octanol–water partition coefficient (Wildman–Crippen LogP) is 2.74. The summed E-state index contributed by atoms with van der Waals surface area (Å²) in [6, 6.07) is 5.85. The topological polar surface area (TPSA) is 56.3 Å². The second kappa shape index (κ2) is 5.77. The molecule has 0 bridgehead atoms. The van der Waals surface area contributed by atoms with Crippen LogP contribution in [-0.4, -0.2) is 29.7 Å². The van der Waals surface area contributed by atoms with E-state index in [-0.39, 0.29) is 0 Å². The first-order valence-corrected chi connectivity index (χ1v) is 6.83. The third-order valence-electron chi connectivity index (χ3n) is 3.06. The van der Waals surface area contributed by atoms with Gasteiger partial charge in [0.2, 0.25) is 0 Å². The fourth-order valence-electron chi connectivity index (χ4n) is 2.11. The molecule has 20 heavy (non-hydrogen) atoms. The van der Waals surface area contributed by atoms with Crippen LogP contribution in [0.2, 0.25) is 0 Å². The lowest BCUT2D eigenvalue weighted by Gasteiger charge is -2.19. The first-order chi connectivity index (χ1) is 9.88. The van der Waals surface area contributed by atoms with Crippen LogP contribution in [0.1, 0.15) is 13.3 Å². The highest BCUT2D eigenvalue weighted by Gasteiger charge is 2.14. The van der Waals surface area contributed by atoms with Gasteiger partial charge in [-0.1, -0.05) is 6.92 Å². The van der Waals surface area contributed by atoms with E-state index in [0.717, 1.165) is 41.5 Å². The van der Waals surface area contributed by atoms with Gasteiger partial charge in [0, 0.05) is 24.5 Å². The SMILES string of the molecule is CCCNc1nccnc1-c1ccc2c(c1)OCCO2. The predicted molar refractivity (Wildman–Crippen MR) is 77.2 cm³/mol. The average molecular weight is 271 g/mol. The van der Waals surface area contributed by atoms with E-state index in [2.05, 4.69) is 22.2 Å². The summed E-state index contributed by atoms with van der Waals surface area (Å²) in [4.78, 5) is 8.79. The van der Waals surface area contributed by atoms with Crippen LogP contribution in [0.15, 0.2) is 30.6 Å². The van der Waals surface area contributed by atoms with Gasteiger partial charge in [-0.05, 0) is 24.6 Å². The summed E-state index contributed by atoms with van der Waals surface area (Å²) in [5.74, 6) is 2.35. The molecule has 0 saturated heterocycles. The highest BCUT2D eigenvalue weighted by molar-refractivity contribution is 5.73. The van der Waals surface area contributed by atoms with E-state index in [4.69, 9.17) is 9.47 Å². The number of hydrogen-bond donors (Lipinski definition) is 1. The van der Waals surface area contributed by atoms with Crippen LogP contribution < -0.4 is 14.8 Å². The third kappa shape index (κ3) is 2.52. The maximum Gasteiger partial charge on any atom is 0.162 e. The summed E-state index contributed by atoms with van der Waals surface area (Å²) in [5, 5.41) is 3.30. The summed E-state index contributed by atoms with van der Waals surface area (Å²) >= 11 is 0. The lowest BCUT2D eigenvalue weighted by atomic mass is 10.1. The number of aromatic nitrogens is 2. The molecule has 1 aliphatic rings. The minimum absolute atomic E-state index is 0.581. The number of nitrogens with one attached hydrogen (secondary N) is 1. The Labute approximate surface area is 118 Å². The van der Waals surface area contributed by atoms with Crippen LogP contribution in [0.5, 0.6) is 11.5 Å². The molecule has 3 rings (SSSR count). The van der Waals surface area contributed by atoms with Gasteiger partial charge in [0.25, 0.3) is 0 Å². The molecular weight excluding hydrogens is 254 g/mol. The summed E-state index contributed by atoms with van der Waals surface area (Å²) in [6.45, 7) is 4.17. The average Bonchev–Trinajstić information content (AvgIpc) is 2.53. The zero-order valence-corrected chi connectivity index (χ0v) is 11.4. The van der Waals surface area contributed by atoms with E-state index >= 15 is 0 Å². The van der Waals surface area contributed by atoms with Crippen molar-refractivity contribution >= 4 is 5.82 Å². The summed E-state index contributed by atoms with van der Waals surface area (Å²) < 4.78 is 11.1. The Balaban J connectivity index is 1.96. The Morgan fingerprint density at radius 1 is 1.10 bits per heavy atom. The Kier molecular flexibility index (Phi) is 3.67. The van der Waals surface area contributed by atoms with E-state index in [9.17, 15) is 0 Å². The molecule has 2 heterocycles. The van der Waals surface area contributed by atoms with Crippen molar-refractivity contribution in [1.29, 1.82) is 0 Å². The van der Waals surface area contributed by atoms with E-state index in [1.54, 1.807) is 12.4 Å². The first-order valence-electron chi connectivity index (χ1n) is 6.83. The Morgan fingerprint density at radius 2 is 1.90 bits per heavy atom. The molecule has 0 fully saturated rings. The fourth-order valence-corrected chi connectivity index (χ4v) is 2.11. The maximum atomic E-state index is 5.61. The van der Waals surface area contributed by atoms with Gasteiger partial charge in [0.05, 0.1) is 0 Å². The molecular formula is C15H17N3O2. The number of anilines is 1. The van der Waals surface area contributed by atoms with Crippen LogP contribution in [0.3, 0.4) is 0 Å². The zero-order valence-electron chi connectivity index (χ0n) is 11.4. The van der Waals surface area contributed by atoms with Crippen LogP contribution in [0, 0.1) is 0 Å². The third-order valence-corrected chi connectivity index (χ3v) is 3.06. The van der Waals surface area contributed by atoms with Gasteiger partial charge in [-0.2, -0.15) is 0 Å². The standard InChI is InChI=1S/C15H17N3O2/c1-2-5-17-15-14(16-6-7-18-15)11-3-4-12-13(10-11)20-9-8-19-12/h3-4,6-7,10H,2,5,8-9H2,1H3,(H,17,18). The van der Waals surface area contributed by atoms with E-state index in [1.165, 1.54) is 0 Å². The van der Waals surface area contributed by atoms with Crippen molar-refractivity contribution in [3.8, 4) is 22.8 Å². The van der Waals surface area contributed by atoms with Crippen molar-refractivity contribution in [2.45, 2.75) is 13.3 Å². The first kappa shape index (κ1) is 12.7. The van der Waals surface area contributed by atoms with Crippen molar-refractivity contribution in [3.05, 3.63) is 30.6 Å². The van der Waals surface area contributed by atoms with Gasteiger partial charge < -0.3 is 14.8 Å². The molecule has 2 aromatic rings. The molecule has 1 aromatic heterocycles. The zero-order chi connectivity index (χ0) is 13.8. The molecule has 5 nitrogen and oxygen atoms in total. The molecule has 0 spiro atoms. The van der Waals surface area contributed by atoms with E-state index in [0.29, 0.717) is 13.2 Å². The van der Waals surface area contributed by atoms with Crippen LogP contribution in [0.25, 0.3) is 11.3 Å². The molecule has 0 saturated carbocycles. The minimum Gasteiger partial charge on any atom is -0.486 e. The number of rotatable bonds is 4.